The van der Waals surface area contributed by atoms with E-state index in [1.54, 1.807) is 10.8 Å². The van der Waals surface area contributed by atoms with E-state index in [1.165, 1.54) is 5.56 Å². The van der Waals surface area contributed by atoms with E-state index in [-0.39, 0.29) is 10.8 Å². The second-order valence-electron chi connectivity index (χ2n) is 5.42. The van der Waals surface area contributed by atoms with Gasteiger partial charge in [-0.1, -0.05) is 48.4 Å². The van der Waals surface area contributed by atoms with Crippen LogP contribution >= 0.6 is 34.1 Å². The summed E-state index contributed by atoms with van der Waals surface area (Å²) in [6.45, 7) is 8.94. The van der Waals surface area contributed by atoms with Crippen LogP contribution in [0.2, 0.25) is 5.02 Å². The van der Waals surface area contributed by atoms with Crippen molar-refractivity contribution in [1.29, 1.82) is 0 Å². The first-order valence-electron chi connectivity index (χ1n) is 6.78. The van der Waals surface area contributed by atoms with Gasteiger partial charge in [0.05, 0.1) is 5.25 Å². The molecule has 1 atom stereocenters. The first-order chi connectivity index (χ1) is 8.94. The Morgan fingerprint density at radius 2 is 1.74 bits per heavy atom. The molecular formula is C15H24ClNS2. The van der Waals surface area contributed by atoms with Crippen LogP contribution in [0.4, 0.5) is 0 Å². The molecule has 1 aromatic carbocycles. The van der Waals surface area contributed by atoms with E-state index < -0.39 is 0 Å². The van der Waals surface area contributed by atoms with Gasteiger partial charge in [0, 0.05) is 16.6 Å². The third-order valence-electron chi connectivity index (χ3n) is 3.50. The van der Waals surface area contributed by atoms with Gasteiger partial charge in [-0.2, -0.15) is 0 Å². The van der Waals surface area contributed by atoms with Gasteiger partial charge in [0.25, 0.3) is 0 Å². The predicted molar refractivity (Wildman–Crippen MR) is 92.4 cm³/mol. The van der Waals surface area contributed by atoms with Crippen LogP contribution in [-0.4, -0.2) is 11.6 Å². The lowest BCUT2D eigenvalue weighted by molar-refractivity contribution is 0.315. The zero-order chi connectivity index (χ0) is 14.5. The van der Waals surface area contributed by atoms with Crippen LogP contribution in [0.5, 0.6) is 0 Å². The van der Waals surface area contributed by atoms with Crippen LogP contribution in [-0.2, 0) is 0 Å². The van der Waals surface area contributed by atoms with Crippen molar-refractivity contribution >= 4 is 34.1 Å². The summed E-state index contributed by atoms with van der Waals surface area (Å²) < 4.78 is 0. The van der Waals surface area contributed by atoms with Crippen molar-refractivity contribution in [3.63, 3.8) is 0 Å². The topological polar surface area (TPSA) is 12.0 Å². The number of hydrogen-bond acceptors (Lipinski definition) is 3. The minimum Gasteiger partial charge on any atom is -0.308 e. The van der Waals surface area contributed by atoms with Crippen LogP contribution in [0.15, 0.2) is 24.3 Å². The molecular weight excluding hydrogens is 294 g/mol. The zero-order valence-corrected chi connectivity index (χ0v) is 14.6. The van der Waals surface area contributed by atoms with E-state index >= 15 is 0 Å². The molecule has 1 aromatic rings. The maximum Gasteiger partial charge on any atom is 0.0575 e. The van der Waals surface area contributed by atoms with Gasteiger partial charge in [-0.25, -0.2) is 0 Å². The number of benzene rings is 1. The Balaban J connectivity index is 2.90. The molecule has 4 heteroatoms. The molecule has 0 saturated heterocycles. The molecule has 1 nitrogen and oxygen atoms in total. The molecule has 0 saturated carbocycles. The van der Waals surface area contributed by atoms with E-state index in [4.69, 9.17) is 11.6 Å². The van der Waals surface area contributed by atoms with Gasteiger partial charge >= 0.3 is 0 Å². The monoisotopic (exact) mass is 317 g/mol. The molecule has 0 aliphatic rings. The summed E-state index contributed by atoms with van der Waals surface area (Å²) >= 11 is 10.4. The highest BCUT2D eigenvalue weighted by atomic mass is 35.5. The molecule has 0 aliphatic heterocycles. The summed E-state index contributed by atoms with van der Waals surface area (Å²) in [6.07, 6.45) is 2.29. The summed E-state index contributed by atoms with van der Waals surface area (Å²) in [7, 11) is 1.59. The van der Waals surface area contributed by atoms with Crippen molar-refractivity contribution in [3.8, 4) is 0 Å². The van der Waals surface area contributed by atoms with Crippen LogP contribution in [0.1, 0.15) is 51.3 Å². The van der Waals surface area contributed by atoms with E-state index in [0.717, 1.165) is 17.9 Å². The van der Waals surface area contributed by atoms with Gasteiger partial charge in [0.15, 0.2) is 0 Å². The van der Waals surface area contributed by atoms with E-state index in [2.05, 4.69) is 56.8 Å². The molecule has 1 unspecified atom stereocenters. The summed E-state index contributed by atoms with van der Waals surface area (Å²) in [4.78, 5) is 0. The summed E-state index contributed by atoms with van der Waals surface area (Å²) in [6, 6.07) is 8.62. The van der Waals surface area contributed by atoms with E-state index in [0.29, 0.717) is 6.04 Å². The highest BCUT2D eigenvalue weighted by Gasteiger charge is 2.31. The maximum absolute atomic E-state index is 5.96. The third kappa shape index (κ3) is 4.89. The maximum atomic E-state index is 5.96. The van der Waals surface area contributed by atoms with Gasteiger partial charge in [-0.05, 0) is 44.4 Å². The van der Waals surface area contributed by atoms with Crippen molar-refractivity contribution in [2.75, 3.05) is 0 Å². The molecule has 0 amide bonds. The van der Waals surface area contributed by atoms with Gasteiger partial charge < -0.3 is 5.32 Å². The fourth-order valence-corrected chi connectivity index (χ4v) is 4.23. The zero-order valence-electron chi connectivity index (χ0n) is 12.1. The van der Waals surface area contributed by atoms with Gasteiger partial charge in [-0.15, -0.1) is 11.7 Å². The highest BCUT2D eigenvalue weighted by Crippen LogP contribution is 2.41. The predicted octanol–water partition coefficient (Wildman–Crippen LogP) is 5.52. The quantitative estimate of drug-likeness (QED) is 0.507. The van der Waals surface area contributed by atoms with Crippen LogP contribution in [0.25, 0.3) is 0 Å². The second kappa shape index (κ2) is 7.82. The summed E-state index contributed by atoms with van der Waals surface area (Å²) in [5.41, 5.74) is 1.24. The number of hydrogen-bond donors (Lipinski definition) is 2. The van der Waals surface area contributed by atoms with E-state index in [1.807, 2.05) is 12.1 Å². The number of thiol groups is 1. The first-order valence-corrected chi connectivity index (χ1v) is 9.09. The fourth-order valence-electron chi connectivity index (χ4n) is 2.34. The number of nitrogens with one attached hydrogen (secondary N) is 1. The Morgan fingerprint density at radius 1 is 1.21 bits per heavy atom. The Hall–Kier alpha value is 0.170. The second-order valence-corrected chi connectivity index (χ2v) is 7.17. The molecule has 1 rings (SSSR count). The average molecular weight is 318 g/mol. The van der Waals surface area contributed by atoms with Gasteiger partial charge in [0.2, 0.25) is 0 Å². The van der Waals surface area contributed by atoms with Crippen LogP contribution in [0.3, 0.4) is 0 Å². The van der Waals surface area contributed by atoms with Crippen molar-refractivity contribution < 1.29 is 0 Å². The summed E-state index contributed by atoms with van der Waals surface area (Å²) in [5.74, 6) is 0. The average Bonchev–Trinajstić information content (AvgIpc) is 2.38. The minimum atomic E-state index is -0.0169. The Kier molecular flexibility index (Phi) is 7.09. The van der Waals surface area contributed by atoms with Crippen LogP contribution in [0, 0.1) is 0 Å². The third-order valence-corrected chi connectivity index (χ3v) is 5.45. The normalized spacial score (nSPS) is 13.8. The molecule has 0 aromatic heterocycles. The standard InChI is InChI=1S/C15H24ClNS2/c1-5-13(6-2)17-15(3,4)14(19-18)11-7-9-12(16)10-8-11/h7-10,13-14,17-18H,5-6H2,1-4H3. The molecule has 1 N–H and O–H groups in total. The van der Waals surface area contributed by atoms with Crippen LogP contribution < -0.4 is 5.32 Å². The Labute approximate surface area is 131 Å². The number of rotatable bonds is 7. The molecule has 0 fully saturated rings. The molecule has 0 bridgehead atoms. The molecule has 0 aliphatic carbocycles. The largest absolute Gasteiger partial charge is 0.308 e. The molecule has 108 valence electrons. The van der Waals surface area contributed by atoms with Crippen molar-refractivity contribution in [2.45, 2.75) is 57.4 Å². The molecule has 19 heavy (non-hydrogen) atoms. The molecule has 0 spiro atoms. The van der Waals surface area contributed by atoms with E-state index in [9.17, 15) is 0 Å². The van der Waals surface area contributed by atoms with Gasteiger partial charge in [0.1, 0.15) is 0 Å². The first kappa shape index (κ1) is 17.2. The van der Waals surface area contributed by atoms with Crippen molar-refractivity contribution in [1.82, 2.24) is 5.32 Å². The van der Waals surface area contributed by atoms with Crippen molar-refractivity contribution in [2.24, 2.45) is 0 Å². The SMILES string of the molecule is CCC(CC)NC(C)(C)C(SS)c1ccc(Cl)cc1. The van der Waals surface area contributed by atoms with Gasteiger partial charge in [-0.3, -0.25) is 0 Å². The highest BCUT2D eigenvalue weighted by molar-refractivity contribution is 8.68. The van der Waals surface area contributed by atoms with Crippen molar-refractivity contribution in [3.05, 3.63) is 34.9 Å². The molecule has 0 radical (unpaired) electrons. The smallest absolute Gasteiger partial charge is 0.0575 e. The number of halogens is 1. The minimum absolute atomic E-state index is 0.0169. The lowest BCUT2D eigenvalue weighted by Crippen LogP contribution is -2.48. The lowest BCUT2D eigenvalue weighted by atomic mass is 9.92. The summed E-state index contributed by atoms with van der Waals surface area (Å²) in [5, 5.41) is 4.82. The Bertz CT molecular complexity index is 374. The molecule has 0 heterocycles. The lowest BCUT2D eigenvalue weighted by Gasteiger charge is -2.37. The Morgan fingerprint density at radius 3 is 2.16 bits per heavy atom. The fraction of sp³-hybridized carbons (Fsp3) is 0.600.